The smallest absolute Gasteiger partial charge is 0.251 e. The Kier molecular flexibility index (Phi) is 7.11. The SMILES string of the molecule is O=C(NC(CCN1CCC(O)(Cn2cnc3ccccc32)CC1)c1ccccc1)c1ccc(F)cc1. The minimum Gasteiger partial charge on any atom is -0.388 e. The molecule has 0 saturated carbocycles. The predicted octanol–water partition coefficient (Wildman–Crippen LogP) is 4.56. The third-order valence-corrected chi connectivity index (χ3v) is 7.13. The van der Waals surface area contributed by atoms with Crippen molar-refractivity contribution in [3.05, 3.63) is 102 Å². The zero-order valence-corrected chi connectivity index (χ0v) is 20.2. The first-order valence-electron chi connectivity index (χ1n) is 12.5. The lowest BCUT2D eigenvalue weighted by atomic mass is 9.90. The van der Waals surface area contributed by atoms with Gasteiger partial charge in [-0.2, -0.15) is 0 Å². The number of para-hydroxylation sites is 2. The average molecular weight is 487 g/mol. The number of carbonyl (C=O) groups excluding carboxylic acids is 1. The van der Waals surface area contributed by atoms with Gasteiger partial charge in [-0.25, -0.2) is 9.37 Å². The van der Waals surface area contributed by atoms with Gasteiger partial charge in [0.25, 0.3) is 5.91 Å². The first kappa shape index (κ1) is 24.2. The summed E-state index contributed by atoms with van der Waals surface area (Å²) in [7, 11) is 0. The minimum atomic E-state index is -0.768. The number of hydrogen-bond donors (Lipinski definition) is 2. The highest BCUT2D eigenvalue weighted by atomic mass is 19.1. The molecule has 5 rings (SSSR count). The van der Waals surface area contributed by atoms with Crippen LogP contribution in [0.1, 0.15) is 41.2 Å². The van der Waals surface area contributed by atoms with Crippen molar-refractivity contribution < 1.29 is 14.3 Å². The van der Waals surface area contributed by atoms with Gasteiger partial charge in [0.15, 0.2) is 0 Å². The summed E-state index contributed by atoms with van der Waals surface area (Å²) in [6.07, 6.45) is 3.90. The van der Waals surface area contributed by atoms with Crippen LogP contribution in [-0.2, 0) is 6.54 Å². The quantitative estimate of drug-likeness (QED) is 0.383. The summed E-state index contributed by atoms with van der Waals surface area (Å²) in [5, 5.41) is 14.4. The second-order valence-corrected chi connectivity index (χ2v) is 9.66. The van der Waals surface area contributed by atoms with E-state index in [0.717, 1.165) is 42.7 Å². The van der Waals surface area contributed by atoms with Crippen LogP contribution >= 0.6 is 0 Å². The lowest BCUT2D eigenvalue weighted by Gasteiger charge is -2.39. The number of aromatic nitrogens is 2. The van der Waals surface area contributed by atoms with Crippen molar-refractivity contribution in [2.75, 3.05) is 19.6 Å². The normalized spacial score (nSPS) is 16.6. The molecule has 3 aromatic carbocycles. The number of nitrogens with zero attached hydrogens (tertiary/aromatic N) is 3. The van der Waals surface area contributed by atoms with Crippen molar-refractivity contribution >= 4 is 16.9 Å². The molecule has 0 radical (unpaired) electrons. The van der Waals surface area contributed by atoms with Gasteiger partial charge in [-0.3, -0.25) is 4.79 Å². The summed E-state index contributed by atoms with van der Waals surface area (Å²) in [5.74, 6) is -0.582. The Bertz CT molecular complexity index is 1300. The lowest BCUT2D eigenvalue weighted by molar-refractivity contribution is -0.0337. The Labute approximate surface area is 210 Å². The molecule has 36 heavy (non-hydrogen) atoms. The van der Waals surface area contributed by atoms with Gasteiger partial charge >= 0.3 is 0 Å². The largest absolute Gasteiger partial charge is 0.388 e. The standard InChI is InChI=1S/C29H31FN4O2/c30-24-12-10-23(11-13-24)28(35)32-25(22-6-2-1-3-7-22)14-17-33-18-15-29(36,16-19-33)20-34-21-31-26-8-4-5-9-27(26)34/h1-13,21,25,36H,14-20H2,(H,32,35). The summed E-state index contributed by atoms with van der Waals surface area (Å²) in [6, 6.07) is 23.3. The molecule has 6 nitrogen and oxygen atoms in total. The van der Waals surface area contributed by atoms with E-state index in [2.05, 4.69) is 15.2 Å². The molecule has 1 aromatic heterocycles. The monoisotopic (exact) mass is 486 g/mol. The van der Waals surface area contributed by atoms with Gasteiger partial charge in [0.1, 0.15) is 5.82 Å². The van der Waals surface area contributed by atoms with Crippen molar-refractivity contribution in [3.63, 3.8) is 0 Å². The number of rotatable bonds is 8. The van der Waals surface area contributed by atoms with E-state index >= 15 is 0 Å². The molecule has 2 N–H and O–H groups in total. The molecule has 2 heterocycles. The van der Waals surface area contributed by atoms with Gasteiger partial charge in [0.05, 0.1) is 35.5 Å². The highest BCUT2D eigenvalue weighted by molar-refractivity contribution is 5.94. The van der Waals surface area contributed by atoms with Gasteiger partial charge in [-0.05, 0) is 61.2 Å². The van der Waals surface area contributed by atoms with Crippen molar-refractivity contribution in [3.8, 4) is 0 Å². The molecule has 1 saturated heterocycles. The van der Waals surface area contributed by atoms with Crippen LogP contribution in [-0.4, -0.2) is 50.7 Å². The second-order valence-electron chi connectivity index (χ2n) is 9.66. The first-order chi connectivity index (χ1) is 17.5. The zero-order chi connectivity index (χ0) is 25.0. The van der Waals surface area contributed by atoms with Crippen LogP contribution in [0.25, 0.3) is 11.0 Å². The van der Waals surface area contributed by atoms with Crippen molar-refractivity contribution in [2.24, 2.45) is 0 Å². The van der Waals surface area contributed by atoms with Crippen LogP contribution in [0.2, 0.25) is 0 Å². The maximum Gasteiger partial charge on any atom is 0.251 e. The average Bonchev–Trinajstić information content (AvgIpc) is 3.30. The maximum absolute atomic E-state index is 13.3. The number of halogens is 1. The van der Waals surface area contributed by atoms with Crippen molar-refractivity contribution in [1.29, 1.82) is 0 Å². The number of nitrogens with one attached hydrogen (secondary N) is 1. The van der Waals surface area contributed by atoms with E-state index in [0.29, 0.717) is 24.9 Å². The van der Waals surface area contributed by atoms with E-state index in [-0.39, 0.29) is 17.8 Å². The molecule has 4 aromatic rings. The topological polar surface area (TPSA) is 70.4 Å². The molecular formula is C29H31FN4O2. The van der Waals surface area contributed by atoms with Gasteiger partial charge in [0, 0.05) is 25.2 Å². The van der Waals surface area contributed by atoms with Crippen molar-refractivity contribution in [2.45, 2.75) is 37.5 Å². The van der Waals surface area contributed by atoms with Crippen LogP contribution in [0.5, 0.6) is 0 Å². The van der Waals surface area contributed by atoms with Crippen LogP contribution in [0.15, 0.2) is 85.2 Å². The Morgan fingerprint density at radius 2 is 1.69 bits per heavy atom. The summed E-state index contributed by atoms with van der Waals surface area (Å²) < 4.78 is 15.3. The minimum absolute atomic E-state index is 0.165. The highest BCUT2D eigenvalue weighted by Crippen LogP contribution is 2.27. The van der Waals surface area contributed by atoms with Crippen LogP contribution < -0.4 is 5.32 Å². The molecular weight excluding hydrogens is 455 g/mol. The van der Waals surface area contributed by atoms with Crippen LogP contribution in [0.4, 0.5) is 4.39 Å². The van der Waals surface area contributed by atoms with E-state index in [9.17, 15) is 14.3 Å². The fourth-order valence-electron chi connectivity index (χ4n) is 4.97. The van der Waals surface area contributed by atoms with Crippen LogP contribution in [0.3, 0.4) is 0 Å². The van der Waals surface area contributed by atoms with Gasteiger partial charge in [-0.15, -0.1) is 0 Å². The Morgan fingerprint density at radius 3 is 2.44 bits per heavy atom. The second kappa shape index (κ2) is 10.6. The van der Waals surface area contributed by atoms with E-state index in [1.54, 1.807) is 0 Å². The predicted molar refractivity (Wildman–Crippen MR) is 138 cm³/mol. The molecule has 1 amide bonds. The number of fused-ring (bicyclic) bond motifs is 1. The Hall–Kier alpha value is -3.55. The summed E-state index contributed by atoms with van der Waals surface area (Å²) in [5.41, 5.74) is 2.68. The number of piperidine rings is 1. The number of imidazole rings is 1. The molecule has 1 atom stereocenters. The molecule has 186 valence electrons. The van der Waals surface area contributed by atoms with Gasteiger partial charge < -0.3 is 19.9 Å². The fourth-order valence-corrected chi connectivity index (χ4v) is 4.97. The summed E-state index contributed by atoms with van der Waals surface area (Å²) in [6.45, 7) is 2.90. The zero-order valence-electron chi connectivity index (χ0n) is 20.2. The Balaban J connectivity index is 1.19. The number of hydrogen-bond acceptors (Lipinski definition) is 4. The first-order valence-corrected chi connectivity index (χ1v) is 12.5. The third-order valence-electron chi connectivity index (χ3n) is 7.13. The van der Waals surface area contributed by atoms with Crippen molar-refractivity contribution in [1.82, 2.24) is 19.8 Å². The number of likely N-dealkylation sites (tertiary alicyclic amines) is 1. The lowest BCUT2D eigenvalue weighted by Crippen LogP contribution is -2.47. The molecule has 0 aliphatic carbocycles. The van der Waals surface area contributed by atoms with Gasteiger partial charge in [0.2, 0.25) is 0 Å². The molecule has 0 bridgehead atoms. The van der Waals surface area contributed by atoms with E-state index in [1.165, 1.54) is 24.3 Å². The number of amides is 1. The summed E-state index contributed by atoms with van der Waals surface area (Å²) in [4.78, 5) is 19.6. The van der Waals surface area contributed by atoms with Gasteiger partial charge in [-0.1, -0.05) is 42.5 Å². The highest BCUT2D eigenvalue weighted by Gasteiger charge is 2.33. The molecule has 1 fully saturated rings. The van der Waals surface area contributed by atoms with E-state index in [4.69, 9.17) is 0 Å². The van der Waals surface area contributed by atoms with Crippen LogP contribution in [0, 0.1) is 5.82 Å². The molecule has 1 aliphatic heterocycles. The van der Waals surface area contributed by atoms with E-state index < -0.39 is 5.60 Å². The van der Waals surface area contributed by atoms with E-state index in [1.807, 2.05) is 65.5 Å². The Morgan fingerprint density at radius 1 is 1.00 bits per heavy atom. The molecule has 0 spiro atoms. The third kappa shape index (κ3) is 5.64. The molecule has 1 unspecified atom stereocenters. The molecule has 1 aliphatic rings. The maximum atomic E-state index is 13.3. The number of aliphatic hydroxyl groups is 1. The number of carbonyl (C=O) groups is 1. The summed E-state index contributed by atoms with van der Waals surface area (Å²) >= 11 is 0. The molecule has 7 heteroatoms. The number of benzene rings is 3. The fraction of sp³-hybridized carbons (Fsp3) is 0.310.